The summed E-state index contributed by atoms with van der Waals surface area (Å²) < 4.78 is 6.97. The molecule has 1 aromatic carbocycles. The van der Waals surface area contributed by atoms with Gasteiger partial charge in [-0.15, -0.1) is 12.4 Å². The first kappa shape index (κ1) is 14.8. The van der Waals surface area contributed by atoms with Crippen molar-refractivity contribution in [1.82, 2.24) is 5.32 Å². The molecule has 1 aliphatic rings. The standard InChI is InChI=1S/C13H18BrNO.ClH/c1-10-8-12(2-3-13(10)14)16-9-11-4-6-15-7-5-11;/h2-3,8,11,15H,4-7,9H2,1H3;1H. The second-order valence-electron chi connectivity index (χ2n) is 4.42. The van der Waals surface area contributed by atoms with Crippen LogP contribution in [0, 0.1) is 12.8 Å². The highest BCUT2D eigenvalue weighted by Crippen LogP contribution is 2.22. The highest BCUT2D eigenvalue weighted by Gasteiger charge is 2.13. The number of nitrogens with one attached hydrogen (secondary N) is 1. The predicted octanol–water partition coefficient (Wildman–Crippen LogP) is 3.56. The molecule has 17 heavy (non-hydrogen) atoms. The van der Waals surface area contributed by atoms with Crippen molar-refractivity contribution in [3.63, 3.8) is 0 Å². The number of aryl methyl sites for hydroxylation is 1. The molecule has 0 saturated carbocycles. The minimum absolute atomic E-state index is 0. The molecule has 96 valence electrons. The van der Waals surface area contributed by atoms with Gasteiger partial charge in [0.1, 0.15) is 5.75 Å². The SMILES string of the molecule is Cc1cc(OCC2CCNCC2)ccc1Br.Cl. The van der Waals surface area contributed by atoms with Crippen molar-refractivity contribution in [2.45, 2.75) is 19.8 Å². The molecule has 0 unspecified atom stereocenters. The number of ether oxygens (including phenoxy) is 1. The quantitative estimate of drug-likeness (QED) is 0.919. The van der Waals surface area contributed by atoms with E-state index in [0.29, 0.717) is 5.92 Å². The van der Waals surface area contributed by atoms with Gasteiger partial charge in [-0.1, -0.05) is 15.9 Å². The molecular formula is C13H19BrClNO. The molecule has 1 saturated heterocycles. The van der Waals surface area contributed by atoms with Crippen LogP contribution in [0.25, 0.3) is 0 Å². The third-order valence-electron chi connectivity index (χ3n) is 3.07. The van der Waals surface area contributed by atoms with Crippen molar-refractivity contribution in [2.24, 2.45) is 5.92 Å². The van der Waals surface area contributed by atoms with Crippen LogP contribution in [0.3, 0.4) is 0 Å². The third-order valence-corrected chi connectivity index (χ3v) is 3.96. The minimum Gasteiger partial charge on any atom is -0.493 e. The van der Waals surface area contributed by atoms with Crippen LogP contribution in [0.1, 0.15) is 18.4 Å². The molecule has 1 aliphatic heterocycles. The summed E-state index contributed by atoms with van der Waals surface area (Å²) in [6.45, 7) is 5.20. The largest absolute Gasteiger partial charge is 0.493 e. The maximum Gasteiger partial charge on any atom is 0.119 e. The van der Waals surface area contributed by atoms with Crippen molar-refractivity contribution >= 4 is 28.3 Å². The number of piperidine rings is 1. The predicted molar refractivity (Wildman–Crippen MR) is 77.2 cm³/mol. The lowest BCUT2D eigenvalue weighted by Gasteiger charge is -2.22. The van der Waals surface area contributed by atoms with Gasteiger partial charge >= 0.3 is 0 Å². The second kappa shape index (κ2) is 7.24. The van der Waals surface area contributed by atoms with Gasteiger partial charge in [0.15, 0.2) is 0 Å². The minimum atomic E-state index is 0. The van der Waals surface area contributed by atoms with E-state index in [0.717, 1.165) is 29.9 Å². The molecular weight excluding hydrogens is 302 g/mol. The van der Waals surface area contributed by atoms with E-state index in [1.165, 1.54) is 18.4 Å². The molecule has 0 atom stereocenters. The summed E-state index contributed by atoms with van der Waals surface area (Å²) in [4.78, 5) is 0. The van der Waals surface area contributed by atoms with Crippen molar-refractivity contribution < 1.29 is 4.74 Å². The average molecular weight is 321 g/mol. The van der Waals surface area contributed by atoms with E-state index in [1.54, 1.807) is 0 Å². The Kier molecular flexibility index (Phi) is 6.31. The first-order valence-corrected chi connectivity index (χ1v) is 6.64. The fraction of sp³-hybridized carbons (Fsp3) is 0.538. The van der Waals surface area contributed by atoms with Crippen LogP contribution in [0.4, 0.5) is 0 Å². The van der Waals surface area contributed by atoms with E-state index < -0.39 is 0 Å². The van der Waals surface area contributed by atoms with Crippen LogP contribution >= 0.6 is 28.3 Å². The molecule has 1 N–H and O–H groups in total. The zero-order valence-corrected chi connectivity index (χ0v) is 12.4. The summed E-state index contributed by atoms with van der Waals surface area (Å²) in [7, 11) is 0. The Morgan fingerprint density at radius 3 is 2.71 bits per heavy atom. The van der Waals surface area contributed by atoms with E-state index in [9.17, 15) is 0 Å². The normalized spacial score (nSPS) is 16.4. The summed E-state index contributed by atoms with van der Waals surface area (Å²) >= 11 is 3.49. The van der Waals surface area contributed by atoms with Gasteiger partial charge in [-0.3, -0.25) is 0 Å². The molecule has 2 rings (SSSR count). The van der Waals surface area contributed by atoms with Crippen molar-refractivity contribution in [3.05, 3.63) is 28.2 Å². The zero-order chi connectivity index (χ0) is 11.4. The summed E-state index contributed by atoms with van der Waals surface area (Å²) in [6.07, 6.45) is 2.46. The first-order valence-electron chi connectivity index (χ1n) is 5.85. The Balaban J connectivity index is 0.00000144. The highest BCUT2D eigenvalue weighted by molar-refractivity contribution is 9.10. The van der Waals surface area contributed by atoms with Crippen LogP contribution in [0.15, 0.2) is 22.7 Å². The van der Waals surface area contributed by atoms with Crippen LogP contribution in [-0.2, 0) is 0 Å². The summed E-state index contributed by atoms with van der Waals surface area (Å²) in [5.74, 6) is 1.70. The topological polar surface area (TPSA) is 21.3 Å². The van der Waals surface area contributed by atoms with Gasteiger partial charge in [-0.05, 0) is 62.5 Å². The number of hydrogen-bond donors (Lipinski definition) is 1. The van der Waals surface area contributed by atoms with Crippen molar-refractivity contribution in [1.29, 1.82) is 0 Å². The van der Waals surface area contributed by atoms with Gasteiger partial charge < -0.3 is 10.1 Å². The molecule has 1 aromatic rings. The molecule has 2 nitrogen and oxygen atoms in total. The number of benzene rings is 1. The molecule has 1 heterocycles. The van der Waals surface area contributed by atoms with E-state index in [2.05, 4.69) is 34.2 Å². The highest BCUT2D eigenvalue weighted by atomic mass is 79.9. The first-order chi connectivity index (χ1) is 7.75. The Labute approximate surface area is 118 Å². The number of halogens is 2. The molecule has 0 radical (unpaired) electrons. The molecule has 4 heteroatoms. The van der Waals surface area contributed by atoms with E-state index in [1.807, 2.05) is 12.1 Å². The van der Waals surface area contributed by atoms with Crippen molar-refractivity contribution in [2.75, 3.05) is 19.7 Å². The monoisotopic (exact) mass is 319 g/mol. The van der Waals surface area contributed by atoms with E-state index in [-0.39, 0.29) is 12.4 Å². The fourth-order valence-electron chi connectivity index (χ4n) is 1.97. The van der Waals surface area contributed by atoms with Crippen LogP contribution < -0.4 is 10.1 Å². The van der Waals surface area contributed by atoms with Crippen LogP contribution in [-0.4, -0.2) is 19.7 Å². The summed E-state index contributed by atoms with van der Waals surface area (Å²) in [5, 5.41) is 3.37. The van der Waals surface area contributed by atoms with Crippen LogP contribution in [0.5, 0.6) is 5.75 Å². The van der Waals surface area contributed by atoms with Gasteiger partial charge in [0.2, 0.25) is 0 Å². The van der Waals surface area contributed by atoms with E-state index in [4.69, 9.17) is 4.74 Å². The molecule has 0 aromatic heterocycles. The van der Waals surface area contributed by atoms with Gasteiger partial charge in [0.25, 0.3) is 0 Å². The lowest BCUT2D eigenvalue weighted by molar-refractivity contribution is 0.215. The van der Waals surface area contributed by atoms with Gasteiger partial charge in [-0.25, -0.2) is 0 Å². The number of rotatable bonds is 3. The summed E-state index contributed by atoms with van der Waals surface area (Å²) in [6, 6.07) is 6.16. The maximum absolute atomic E-state index is 5.83. The molecule has 0 amide bonds. The molecule has 1 fully saturated rings. The van der Waals surface area contributed by atoms with Crippen molar-refractivity contribution in [3.8, 4) is 5.75 Å². The van der Waals surface area contributed by atoms with Gasteiger partial charge in [0.05, 0.1) is 6.61 Å². The molecule has 0 spiro atoms. The third kappa shape index (κ3) is 4.49. The van der Waals surface area contributed by atoms with E-state index >= 15 is 0 Å². The fourth-order valence-corrected chi connectivity index (χ4v) is 2.22. The molecule has 0 aliphatic carbocycles. The Morgan fingerprint density at radius 2 is 2.06 bits per heavy atom. The van der Waals surface area contributed by atoms with Gasteiger partial charge in [0, 0.05) is 4.47 Å². The second-order valence-corrected chi connectivity index (χ2v) is 5.27. The maximum atomic E-state index is 5.83. The zero-order valence-electron chi connectivity index (χ0n) is 10.0. The lowest BCUT2D eigenvalue weighted by Crippen LogP contribution is -2.30. The molecule has 0 bridgehead atoms. The van der Waals surface area contributed by atoms with Gasteiger partial charge in [-0.2, -0.15) is 0 Å². The average Bonchev–Trinajstić information content (AvgIpc) is 2.32. The Morgan fingerprint density at radius 1 is 1.35 bits per heavy atom. The Hall–Kier alpha value is -0.250. The Bertz CT molecular complexity index is 353. The number of hydrogen-bond acceptors (Lipinski definition) is 2. The van der Waals surface area contributed by atoms with Crippen LogP contribution in [0.2, 0.25) is 0 Å². The summed E-state index contributed by atoms with van der Waals surface area (Å²) in [5.41, 5.74) is 1.22. The lowest BCUT2D eigenvalue weighted by atomic mass is 9.99. The smallest absolute Gasteiger partial charge is 0.119 e.